The molecule has 2 aliphatic heterocycles. The minimum atomic E-state index is 0.137. The van der Waals surface area contributed by atoms with Crippen molar-refractivity contribution < 1.29 is 4.48 Å². The smallest absolute Gasteiger partial charge is 0.372 e. The molecule has 0 saturated heterocycles. The van der Waals surface area contributed by atoms with Gasteiger partial charge in [-0.1, -0.05) is 70.2 Å². The van der Waals surface area contributed by atoms with E-state index in [2.05, 4.69) is 109 Å². The molecule has 0 aliphatic carbocycles. The van der Waals surface area contributed by atoms with E-state index in [4.69, 9.17) is 0 Å². The molecule has 0 atom stereocenters. The van der Waals surface area contributed by atoms with Crippen LogP contribution in [0.4, 0.5) is 5.69 Å². The van der Waals surface area contributed by atoms with Gasteiger partial charge < -0.3 is 4.81 Å². The van der Waals surface area contributed by atoms with Crippen molar-refractivity contribution in [3.05, 3.63) is 77.4 Å². The van der Waals surface area contributed by atoms with Gasteiger partial charge in [0.2, 0.25) is 0 Å². The van der Waals surface area contributed by atoms with Crippen LogP contribution in [0.25, 0.3) is 22.4 Å². The molecule has 0 radical (unpaired) electrons. The Labute approximate surface area is 185 Å². The minimum absolute atomic E-state index is 0.137. The molecule has 0 N–H and O–H groups in total. The average Bonchev–Trinajstić information content (AvgIpc) is 3.29. The van der Waals surface area contributed by atoms with Gasteiger partial charge >= 0.3 is 6.98 Å². The number of imidazole rings is 1. The van der Waals surface area contributed by atoms with Gasteiger partial charge in [0, 0.05) is 16.7 Å². The number of hydrogen-bond donors (Lipinski definition) is 0. The second kappa shape index (κ2) is 6.50. The molecule has 0 unspecified atom stereocenters. The summed E-state index contributed by atoms with van der Waals surface area (Å²) in [6, 6.07) is 22.7. The molecule has 3 heterocycles. The molecule has 0 bridgehead atoms. The van der Waals surface area contributed by atoms with Gasteiger partial charge in [-0.25, -0.2) is 4.57 Å². The zero-order valence-corrected chi connectivity index (χ0v) is 19.1. The van der Waals surface area contributed by atoms with Gasteiger partial charge in [-0.05, 0) is 48.2 Å². The van der Waals surface area contributed by atoms with E-state index in [9.17, 15) is 0 Å². The van der Waals surface area contributed by atoms with E-state index in [0.717, 1.165) is 6.54 Å². The van der Waals surface area contributed by atoms with Crippen LogP contribution in [0.15, 0.2) is 60.7 Å². The molecule has 31 heavy (non-hydrogen) atoms. The SMILES string of the molecule is CC(C)c1cccc(C(C)C)c1B1N(C)c2cccc3c2-c2n(c4ccccc4[n+]21)C3. The highest BCUT2D eigenvalue weighted by molar-refractivity contribution is 6.71. The first-order chi connectivity index (χ1) is 15.0. The molecule has 0 spiro atoms. The highest BCUT2D eigenvalue weighted by Gasteiger charge is 2.50. The molecule has 1 aromatic heterocycles. The fraction of sp³-hybridized carbons (Fsp3) is 0.296. The lowest BCUT2D eigenvalue weighted by Crippen LogP contribution is -2.71. The third-order valence-corrected chi connectivity index (χ3v) is 7.26. The lowest BCUT2D eigenvalue weighted by Gasteiger charge is -2.33. The highest BCUT2D eigenvalue weighted by atomic mass is 15.3. The normalized spacial score (nSPS) is 14.3. The van der Waals surface area contributed by atoms with Crippen LogP contribution in [0.3, 0.4) is 0 Å². The number of anilines is 1. The molecule has 6 rings (SSSR count). The van der Waals surface area contributed by atoms with Gasteiger partial charge in [-0.2, -0.15) is 0 Å². The van der Waals surface area contributed by atoms with Gasteiger partial charge in [0.05, 0.1) is 5.56 Å². The summed E-state index contributed by atoms with van der Waals surface area (Å²) in [4.78, 5) is 2.51. The Morgan fingerprint density at radius 3 is 2.23 bits per heavy atom. The Bertz CT molecular complexity index is 1320. The maximum absolute atomic E-state index is 2.61. The first kappa shape index (κ1) is 18.7. The summed E-state index contributed by atoms with van der Waals surface area (Å²) in [7, 11) is 2.28. The average molecular weight is 406 g/mol. The monoisotopic (exact) mass is 406 g/mol. The molecule has 2 aliphatic rings. The van der Waals surface area contributed by atoms with Crippen molar-refractivity contribution in [2.45, 2.75) is 46.1 Å². The quantitative estimate of drug-likeness (QED) is 0.388. The predicted octanol–water partition coefficient (Wildman–Crippen LogP) is 4.90. The van der Waals surface area contributed by atoms with Crippen LogP contribution in [-0.2, 0) is 6.54 Å². The van der Waals surface area contributed by atoms with Crippen LogP contribution < -0.4 is 14.8 Å². The van der Waals surface area contributed by atoms with Crippen LogP contribution >= 0.6 is 0 Å². The van der Waals surface area contributed by atoms with Crippen molar-refractivity contribution in [3.8, 4) is 11.4 Å². The number of fused-ring (bicyclic) bond motifs is 3. The number of rotatable bonds is 3. The summed E-state index contributed by atoms with van der Waals surface area (Å²) < 4.78 is 5.14. The summed E-state index contributed by atoms with van der Waals surface area (Å²) in [5.74, 6) is 2.30. The van der Waals surface area contributed by atoms with E-state index in [-0.39, 0.29) is 6.98 Å². The minimum Gasteiger partial charge on any atom is -0.372 e. The predicted molar refractivity (Wildman–Crippen MR) is 130 cm³/mol. The van der Waals surface area contributed by atoms with Crippen LogP contribution in [0.1, 0.15) is 56.2 Å². The molecule has 0 fully saturated rings. The van der Waals surface area contributed by atoms with Crippen LogP contribution in [0, 0.1) is 0 Å². The van der Waals surface area contributed by atoms with Crippen LogP contribution in [0.5, 0.6) is 0 Å². The number of benzene rings is 3. The van der Waals surface area contributed by atoms with Crippen molar-refractivity contribution in [1.82, 2.24) is 4.57 Å². The molecule has 3 aromatic carbocycles. The second-order valence-corrected chi connectivity index (χ2v) is 9.72. The van der Waals surface area contributed by atoms with E-state index >= 15 is 0 Å². The standard InChI is InChI=1S/C27H29BN3/c1-17(2)20-11-9-12-21(18(3)4)26(20)28-29(5)24-15-8-10-19-16-30-22-13-6-7-14-23(22)31(28)27(30)25(19)24/h6-15,17-18H,16H2,1-5H3/q+1. The lowest BCUT2D eigenvalue weighted by molar-refractivity contribution is -0.495. The summed E-state index contributed by atoms with van der Waals surface area (Å²) in [6.07, 6.45) is 0. The zero-order valence-electron chi connectivity index (χ0n) is 19.1. The van der Waals surface area contributed by atoms with Gasteiger partial charge in [0.15, 0.2) is 11.0 Å². The summed E-state index contributed by atoms with van der Waals surface area (Å²) in [5.41, 5.74) is 11.2. The van der Waals surface area contributed by atoms with Gasteiger partial charge in [-0.3, -0.25) is 4.48 Å². The van der Waals surface area contributed by atoms with Crippen LogP contribution in [-0.4, -0.2) is 18.6 Å². The summed E-state index contributed by atoms with van der Waals surface area (Å²) >= 11 is 0. The van der Waals surface area contributed by atoms with Crippen LogP contribution in [0.2, 0.25) is 0 Å². The molecule has 0 saturated carbocycles. The van der Waals surface area contributed by atoms with Crippen molar-refractivity contribution in [3.63, 3.8) is 0 Å². The molecule has 4 aromatic rings. The zero-order chi connectivity index (χ0) is 21.4. The fourth-order valence-electron chi connectivity index (χ4n) is 5.89. The Kier molecular flexibility index (Phi) is 3.93. The summed E-state index contributed by atoms with van der Waals surface area (Å²) in [5, 5.41) is 0. The molecular formula is C27H29BN3+. The van der Waals surface area contributed by atoms with E-state index in [0.29, 0.717) is 11.8 Å². The van der Waals surface area contributed by atoms with Crippen molar-refractivity contribution >= 4 is 29.2 Å². The third kappa shape index (κ3) is 2.39. The topological polar surface area (TPSA) is 12.1 Å². The maximum Gasteiger partial charge on any atom is 0.538 e. The van der Waals surface area contributed by atoms with Gasteiger partial charge in [0.1, 0.15) is 6.54 Å². The number of aromatic nitrogens is 2. The third-order valence-electron chi connectivity index (χ3n) is 7.26. The first-order valence-corrected chi connectivity index (χ1v) is 11.5. The van der Waals surface area contributed by atoms with E-state index < -0.39 is 0 Å². The Morgan fingerprint density at radius 2 is 1.52 bits per heavy atom. The Hall–Kier alpha value is -3.01. The molecule has 4 heteroatoms. The number of nitrogens with zero attached hydrogens (tertiary/aromatic N) is 3. The van der Waals surface area contributed by atoms with E-state index in [1.165, 1.54) is 50.3 Å². The van der Waals surface area contributed by atoms with Crippen molar-refractivity contribution in [1.29, 1.82) is 0 Å². The maximum atomic E-state index is 2.61. The summed E-state index contributed by atoms with van der Waals surface area (Å²) in [6.45, 7) is 10.4. The highest BCUT2D eigenvalue weighted by Crippen LogP contribution is 2.42. The molecule has 154 valence electrons. The Balaban J connectivity index is 1.76. The Morgan fingerprint density at radius 1 is 0.839 bits per heavy atom. The van der Waals surface area contributed by atoms with Gasteiger partial charge in [-0.15, -0.1) is 0 Å². The van der Waals surface area contributed by atoms with Crippen molar-refractivity contribution in [2.24, 2.45) is 0 Å². The van der Waals surface area contributed by atoms with E-state index in [1.807, 2.05) is 0 Å². The number of para-hydroxylation sites is 2. The lowest BCUT2D eigenvalue weighted by atomic mass is 9.58. The number of hydrogen-bond acceptors (Lipinski definition) is 1. The second-order valence-electron chi connectivity index (χ2n) is 9.72. The fourth-order valence-corrected chi connectivity index (χ4v) is 5.89. The van der Waals surface area contributed by atoms with E-state index in [1.54, 1.807) is 0 Å². The van der Waals surface area contributed by atoms with Gasteiger partial charge in [0.25, 0.3) is 5.82 Å². The largest absolute Gasteiger partial charge is 0.538 e. The van der Waals surface area contributed by atoms with Crippen molar-refractivity contribution in [2.75, 3.05) is 11.9 Å². The molecular weight excluding hydrogens is 377 g/mol. The first-order valence-electron chi connectivity index (χ1n) is 11.5. The molecule has 3 nitrogen and oxygen atoms in total. The molecule has 0 amide bonds.